The van der Waals surface area contributed by atoms with Crippen molar-refractivity contribution < 1.29 is 19.1 Å². The first-order valence-corrected chi connectivity index (χ1v) is 7.55. The van der Waals surface area contributed by atoms with Crippen molar-refractivity contribution in [3.05, 3.63) is 0 Å². The van der Waals surface area contributed by atoms with Crippen LogP contribution >= 0.6 is 0 Å². The lowest BCUT2D eigenvalue weighted by molar-refractivity contribution is -0.152. The fourth-order valence-corrected chi connectivity index (χ4v) is 3.47. The molecule has 2 rings (SSSR count). The van der Waals surface area contributed by atoms with Crippen molar-refractivity contribution >= 4 is 12.1 Å². The largest absolute Gasteiger partial charge is 0.468 e. The summed E-state index contributed by atoms with van der Waals surface area (Å²) in [6.45, 7) is 5.56. The minimum atomic E-state index is -0.983. The average Bonchev–Trinajstić information content (AvgIpc) is 2.34. The van der Waals surface area contributed by atoms with Gasteiger partial charge in [0.1, 0.15) is 11.1 Å². The topological polar surface area (TPSA) is 81.9 Å². The molecule has 2 unspecified atom stereocenters. The molecule has 0 saturated carbocycles. The van der Waals surface area contributed by atoms with Crippen LogP contribution in [0, 0.1) is 0 Å². The highest BCUT2D eigenvalue weighted by molar-refractivity contribution is 5.81. The van der Waals surface area contributed by atoms with Crippen molar-refractivity contribution in [1.29, 1.82) is 0 Å². The first kappa shape index (κ1) is 16.1. The van der Waals surface area contributed by atoms with E-state index in [1.807, 2.05) is 20.8 Å². The lowest BCUT2D eigenvalue weighted by atomic mass is 9.74. The maximum atomic E-state index is 12.4. The monoisotopic (exact) mass is 298 g/mol. The van der Waals surface area contributed by atoms with Gasteiger partial charge in [-0.15, -0.1) is 0 Å². The van der Waals surface area contributed by atoms with E-state index in [9.17, 15) is 9.59 Å². The van der Waals surface area contributed by atoms with Gasteiger partial charge in [0.05, 0.1) is 7.11 Å². The predicted octanol–water partition coefficient (Wildman–Crippen LogP) is 1.81. The zero-order chi connectivity index (χ0) is 15.8. The summed E-state index contributed by atoms with van der Waals surface area (Å²) in [5.74, 6) is -0.386. The van der Waals surface area contributed by atoms with Gasteiger partial charge in [-0.2, -0.15) is 0 Å². The molecule has 0 aliphatic carbocycles. The molecule has 0 aromatic heterocycles. The van der Waals surface area contributed by atoms with Gasteiger partial charge in [0.25, 0.3) is 0 Å². The average molecular weight is 298 g/mol. The van der Waals surface area contributed by atoms with E-state index in [0.29, 0.717) is 12.8 Å². The third-order valence-corrected chi connectivity index (χ3v) is 4.26. The molecule has 0 aromatic carbocycles. The molecule has 2 N–H and O–H groups in total. The van der Waals surface area contributed by atoms with Crippen LogP contribution in [0.1, 0.15) is 52.9 Å². The molecule has 0 spiro atoms. The van der Waals surface area contributed by atoms with Crippen LogP contribution in [-0.4, -0.2) is 47.3 Å². The number of rotatable bonds is 1. The van der Waals surface area contributed by atoms with Gasteiger partial charge in [0.2, 0.25) is 0 Å². The molecule has 6 heteroatoms. The van der Waals surface area contributed by atoms with E-state index in [0.717, 1.165) is 19.3 Å². The maximum absolute atomic E-state index is 12.4. The summed E-state index contributed by atoms with van der Waals surface area (Å²) >= 11 is 0. The Morgan fingerprint density at radius 2 is 1.71 bits per heavy atom. The standard InChI is InChI=1S/C15H26N2O4/c1-14(2,3)21-13(19)17-10-6-5-7-11(17)9-15(16,8-10)12(18)20-4/h10-11H,5-9,16H2,1-4H3. The number of piperidine rings is 2. The molecular weight excluding hydrogens is 272 g/mol. The molecule has 21 heavy (non-hydrogen) atoms. The first-order chi connectivity index (χ1) is 9.66. The lowest BCUT2D eigenvalue weighted by Gasteiger charge is -2.51. The van der Waals surface area contributed by atoms with Crippen LogP contribution < -0.4 is 5.73 Å². The van der Waals surface area contributed by atoms with Crippen molar-refractivity contribution in [2.75, 3.05) is 7.11 Å². The Balaban J connectivity index is 2.17. The van der Waals surface area contributed by atoms with Crippen molar-refractivity contribution in [2.45, 2.75) is 76.1 Å². The summed E-state index contributed by atoms with van der Waals surface area (Å²) in [5, 5.41) is 0. The number of nitrogens with two attached hydrogens (primary N) is 1. The number of hydrogen-bond acceptors (Lipinski definition) is 5. The summed E-state index contributed by atoms with van der Waals surface area (Å²) in [6.07, 6.45) is 3.33. The Hall–Kier alpha value is -1.30. The lowest BCUT2D eigenvalue weighted by Crippen LogP contribution is -2.65. The van der Waals surface area contributed by atoms with Crippen molar-refractivity contribution in [2.24, 2.45) is 5.73 Å². The fourth-order valence-electron chi connectivity index (χ4n) is 3.47. The van der Waals surface area contributed by atoms with Crippen LogP contribution in [-0.2, 0) is 14.3 Å². The molecule has 0 radical (unpaired) electrons. The van der Waals surface area contributed by atoms with Crippen LogP contribution in [0.2, 0.25) is 0 Å². The van der Waals surface area contributed by atoms with E-state index in [-0.39, 0.29) is 24.1 Å². The highest BCUT2D eigenvalue weighted by Gasteiger charge is 2.51. The quantitative estimate of drug-likeness (QED) is 0.747. The molecule has 2 fully saturated rings. The van der Waals surface area contributed by atoms with Gasteiger partial charge >= 0.3 is 12.1 Å². The molecule has 6 nitrogen and oxygen atoms in total. The highest BCUT2D eigenvalue weighted by atomic mass is 16.6. The van der Waals surface area contributed by atoms with Gasteiger partial charge in [-0.3, -0.25) is 4.79 Å². The molecule has 2 saturated heterocycles. The van der Waals surface area contributed by atoms with Crippen molar-refractivity contribution in [3.63, 3.8) is 0 Å². The molecule has 2 aliphatic heterocycles. The van der Waals surface area contributed by atoms with E-state index in [1.54, 1.807) is 4.90 Å². The number of carbonyl (C=O) groups excluding carboxylic acids is 2. The second-order valence-corrected chi connectivity index (χ2v) is 7.18. The summed E-state index contributed by atoms with van der Waals surface area (Å²) < 4.78 is 10.3. The Morgan fingerprint density at radius 3 is 2.14 bits per heavy atom. The van der Waals surface area contributed by atoms with Crippen LogP contribution in [0.4, 0.5) is 4.79 Å². The van der Waals surface area contributed by atoms with Crippen molar-refractivity contribution in [1.82, 2.24) is 4.90 Å². The number of esters is 1. The molecule has 1 amide bonds. The smallest absolute Gasteiger partial charge is 0.410 e. The minimum absolute atomic E-state index is 0.0450. The Morgan fingerprint density at radius 1 is 1.19 bits per heavy atom. The normalized spacial score (nSPS) is 32.5. The number of hydrogen-bond donors (Lipinski definition) is 1. The SMILES string of the molecule is COC(=O)C1(N)CC2CCCC(C1)N2C(=O)OC(C)(C)C. The first-order valence-electron chi connectivity index (χ1n) is 7.55. The molecule has 120 valence electrons. The van der Waals surface area contributed by atoms with Crippen LogP contribution in [0.25, 0.3) is 0 Å². The Kier molecular flexibility index (Phi) is 4.19. The maximum Gasteiger partial charge on any atom is 0.410 e. The van der Waals surface area contributed by atoms with E-state index in [1.165, 1.54) is 7.11 Å². The third-order valence-electron chi connectivity index (χ3n) is 4.26. The molecule has 2 bridgehead atoms. The number of nitrogens with zero attached hydrogens (tertiary/aromatic N) is 1. The third kappa shape index (κ3) is 3.31. The zero-order valence-corrected chi connectivity index (χ0v) is 13.3. The van der Waals surface area contributed by atoms with Gasteiger partial charge < -0.3 is 20.1 Å². The molecule has 2 aliphatic rings. The van der Waals surface area contributed by atoms with Crippen LogP contribution in [0.3, 0.4) is 0 Å². The molecule has 2 heterocycles. The van der Waals surface area contributed by atoms with Gasteiger partial charge in [-0.25, -0.2) is 4.79 Å². The Bertz CT molecular complexity index is 416. The van der Waals surface area contributed by atoms with Crippen LogP contribution in [0.15, 0.2) is 0 Å². The second kappa shape index (κ2) is 5.48. The molecule has 0 aromatic rings. The summed E-state index contributed by atoms with van der Waals surface area (Å²) in [7, 11) is 1.35. The number of ether oxygens (including phenoxy) is 2. The van der Waals surface area contributed by atoms with Gasteiger partial charge in [-0.1, -0.05) is 0 Å². The van der Waals surface area contributed by atoms with Crippen LogP contribution in [0.5, 0.6) is 0 Å². The van der Waals surface area contributed by atoms with E-state index in [4.69, 9.17) is 15.2 Å². The molecule has 2 atom stereocenters. The number of methoxy groups -OCH3 is 1. The zero-order valence-electron chi connectivity index (χ0n) is 13.3. The van der Waals surface area contributed by atoms with Gasteiger partial charge in [0.15, 0.2) is 0 Å². The number of fused-ring (bicyclic) bond motifs is 2. The summed E-state index contributed by atoms with van der Waals surface area (Å²) in [4.78, 5) is 26.2. The summed E-state index contributed by atoms with van der Waals surface area (Å²) in [6, 6.07) is -0.0899. The van der Waals surface area contributed by atoms with E-state index >= 15 is 0 Å². The number of carbonyl (C=O) groups is 2. The number of amides is 1. The van der Waals surface area contributed by atoms with E-state index < -0.39 is 11.1 Å². The van der Waals surface area contributed by atoms with Crippen molar-refractivity contribution in [3.8, 4) is 0 Å². The Labute approximate surface area is 125 Å². The summed E-state index contributed by atoms with van der Waals surface area (Å²) in [5.41, 5.74) is 4.73. The predicted molar refractivity (Wildman–Crippen MR) is 77.7 cm³/mol. The highest BCUT2D eigenvalue weighted by Crippen LogP contribution is 2.39. The van der Waals surface area contributed by atoms with Gasteiger partial charge in [0, 0.05) is 12.1 Å². The molecular formula is C15H26N2O4. The van der Waals surface area contributed by atoms with E-state index in [2.05, 4.69) is 0 Å². The minimum Gasteiger partial charge on any atom is -0.468 e. The second-order valence-electron chi connectivity index (χ2n) is 7.18. The fraction of sp³-hybridized carbons (Fsp3) is 0.867. The van der Waals surface area contributed by atoms with Gasteiger partial charge in [-0.05, 0) is 52.9 Å².